The first-order valence-corrected chi connectivity index (χ1v) is 6.49. The third-order valence-corrected chi connectivity index (χ3v) is 3.37. The molecule has 1 aromatic carbocycles. The lowest BCUT2D eigenvalue weighted by Gasteiger charge is -2.22. The zero-order valence-corrected chi connectivity index (χ0v) is 10.9. The van der Waals surface area contributed by atoms with Gasteiger partial charge in [0.15, 0.2) is 0 Å². The van der Waals surface area contributed by atoms with Crippen LogP contribution in [-0.4, -0.2) is 29.7 Å². The Morgan fingerprint density at radius 3 is 2.84 bits per heavy atom. The van der Waals surface area contributed by atoms with Gasteiger partial charge in [0, 0.05) is 18.3 Å². The predicted molar refractivity (Wildman–Crippen MR) is 72.4 cm³/mol. The molecule has 0 saturated heterocycles. The molecule has 1 aliphatic rings. The molecule has 2 rings (SSSR count). The van der Waals surface area contributed by atoms with Crippen LogP contribution in [0.15, 0.2) is 24.3 Å². The third-order valence-electron chi connectivity index (χ3n) is 3.37. The number of nitrogens with one attached hydrogen (secondary N) is 1. The number of carboxylic acids is 1. The van der Waals surface area contributed by atoms with Gasteiger partial charge in [0.25, 0.3) is 0 Å². The van der Waals surface area contributed by atoms with Crippen molar-refractivity contribution in [1.82, 2.24) is 5.32 Å². The van der Waals surface area contributed by atoms with E-state index >= 15 is 0 Å². The van der Waals surface area contributed by atoms with E-state index in [0.717, 1.165) is 17.7 Å². The van der Waals surface area contributed by atoms with Crippen molar-refractivity contribution in [3.05, 3.63) is 29.8 Å². The summed E-state index contributed by atoms with van der Waals surface area (Å²) in [6, 6.07) is 7.26. The van der Waals surface area contributed by atoms with Crippen LogP contribution in [0.3, 0.4) is 0 Å². The molecule has 0 fully saturated rings. The Labute approximate surface area is 112 Å². The van der Waals surface area contributed by atoms with Crippen LogP contribution in [0.1, 0.15) is 25.3 Å². The lowest BCUT2D eigenvalue weighted by molar-refractivity contribution is -0.137. The van der Waals surface area contributed by atoms with Crippen LogP contribution in [0.4, 0.5) is 10.5 Å². The van der Waals surface area contributed by atoms with E-state index in [-0.39, 0.29) is 18.5 Å². The SMILES string of the molecule is CCC(CC(=O)O)NC(=O)N1CCc2ccccc21. The van der Waals surface area contributed by atoms with Crippen molar-refractivity contribution in [2.75, 3.05) is 11.4 Å². The van der Waals surface area contributed by atoms with Crippen molar-refractivity contribution in [3.63, 3.8) is 0 Å². The number of fused-ring (bicyclic) bond motifs is 1. The molecule has 0 radical (unpaired) electrons. The molecule has 0 spiro atoms. The van der Waals surface area contributed by atoms with Crippen LogP contribution < -0.4 is 10.2 Å². The Hall–Kier alpha value is -2.04. The Balaban J connectivity index is 2.03. The number of hydrogen-bond acceptors (Lipinski definition) is 2. The van der Waals surface area contributed by atoms with Crippen LogP contribution in [0, 0.1) is 0 Å². The van der Waals surface area contributed by atoms with Crippen molar-refractivity contribution in [2.24, 2.45) is 0 Å². The average molecular weight is 262 g/mol. The second-order valence-corrected chi connectivity index (χ2v) is 4.68. The van der Waals surface area contributed by atoms with Crippen LogP contribution in [0.25, 0.3) is 0 Å². The Morgan fingerprint density at radius 1 is 1.42 bits per heavy atom. The van der Waals surface area contributed by atoms with Gasteiger partial charge in [-0.15, -0.1) is 0 Å². The topological polar surface area (TPSA) is 69.6 Å². The van der Waals surface area contributed by atoms with Gasteiger partial charge in [-0.25, -0.2) is 4.79 Å². The van der Waals surface area contributed by atoms with E-state index < -0.39 is 5.97 Å². The van der Waals surface area contributed by atoms with Crippen LogP contribution in [0.5, 0.6) is 0 Å². The Bertz CT molecular complexity index is 487. The van der Waals surface area contributed by atoms with E-state index in [2.05, 4.69) is 5.32 Å². The Morgan fingerprint density at radius 2 is 2.16 bits per heavy atom. The molecule has 2 amide bonds. The summed E-state index contributed by atoms with van der Waals surface area (Å²) in [5.41, 5.74) is 2.08. The van der Waals surface area contributed by atoms with Gasteiger partial charge in [-0.2, -0.15) is 0 Å². The highest BCUT2D eigenvalue weighted by molar-refractivity contribution is 5.94. The smallest absolute Gasteiger partial charge is 0.322 e. The minimum Gasteiger partial charge on any atom is -0.481 e. The molecule has 1 heterocycles. The largest absolute Gasteiger partial charge is 0.481 e. The van der Waals surface area contributed by atoms with Gasteiger partial charge >= 0.3 is 12.0 Å². The molecule has 5 nitrogen and oxygen atoms in total. The van der Waals surface area contributed by atoms with E-state index in [9.17, 15) is 9.59 Å². The van der Waals surface area contributed by atoms with E-state index in [1.54, 1.807) is 4.90 Å². The van der Waals surface area contributed by atoms with Crippen LogP contribution in [0.2, 0.25) is 0 Å². The van der Waals surface area contributed by atoms with Gasteiger partial charge in [-0.05, 0) is 24.5 Å². The van der Waals surface area contributed by atoms with Crippen molar-refractivity contribution in [1.29, 1.82) is 0 Å². The first kappa shape index (κ1) is 13.4. The van der Waals surface area contributed by atoms with Gasteiger partial charge in [0.1, 0.15) is 0 Å². The molecule has 1 aromatic rings. The third kappa shape index (κ3) is 3.05. The minimum absolute atomic E-state index is 0.0439. The lowest BCUT2D eigenvalue weighted by Crippen LogP contribution is -2.44. The summed E-state index contributed by atoms with van der Waals surface area (Å²) >= 11 is 0. The van der Waals surface area contributed by atoms with E-state index in [1.165, 1.54) is 0 Å². The van der Waals surface area contributed by atoms with Crippen LogP contribution >= 0.6 is 0 Å². The number of aliphatic carboxylic acids is 1. The molecule has 1 aliphatic heterocycles. The summed E-state index contributed by atoms with van der Waals surface area (Å²) in [4.78, 5) is 24.6. The van der Waals surface area contributed by atoms with Crippen molar-refractivity contribution in [3.8, 4) is 0 Å². The number of nitrogens with zero attached hydrogens (tertiary/aromatic N) is 1. The molecular formula is C14H18N2O3. The van der Waals surface area contributed by atoms with Crippen molar-refractivity contribution in [2.45, 2.75) is 32.2 Å². The number of para-hydroxylation sites is 1. The highest BCUT2D eigenvalue weighted by Crippen LogP contribution is 2.27. The quantitative estimate of drug-likeness (QED) is 0.872. The number of carbonyl (C=O) groups is 2. The fraction of sp³-hybridized carbons (Fsp3) is 0.429. The molecule has 0 bridgehead atoms. The summed E-state index contributed by atoms with van der Waals surface area (Å²) < 4.78 is 0. The molecular weight excluding hydrogens is 244 g/mol. The molecule has 1 atom stereocenters. The summed E-state index contributed by atoms with van der Waals surface area (Å²) in [6.07, 6.45) is 1.41. The van der Waals surface area contributed by atoms with Crippen LogP contribution in [-0.2, 0) is 11.2 Å². The van der Waals surface area contributed by atoms with Gasteiger partial charge < -0.3 is 10.4 Å². The van der Waals surface area contributed by atoms with Gasteiger partial charge in [0.05, 0.1) is 6.42 Å². The molecule has 0 saturated carbocycles. The minimum atomic E-state index is -0.894. The standard InChI is InChI=1S/C14H18N2O3/c1-2-11(9-13(17)18)15-14(19)16-8-7-10-5-3-4-6-12(10)16/h3-6,11H,2,7-9H2,1H3,(H,15,19)(H,17,18). The number of anilines is 1. The highest BCUT2D eigenvalue weighted by atomic mass is 16.4. The highest BCUT2D eigenvalue weighted by Gasteiger charge is 2.25. The van der Waals surface area contributed by atoms with Crippen molar-refractivity contribution < 1.29 is 14.7 Å². The molecule has 2 N–H and O–H groups in total. The maximum absolute atomic E-state index is 12.2. The first-order valence-electron chi connectivity index (χ1n) is 6.49. The van der Waals surface area contributed by atoms with Gasteiger partial charge in [-0.3, -0.25) is 9.69 Å². The number of carbonyl (C=O) groups excluding carboxylic acids is 1. The van der Waals surface area contributed by atoms with E-state index in [0.29, 0.717) is 13.0 Å². The molecule has 0 aromatic heterocycles. The summed E-state index contributed by atoms with van der Waals surface area (Å²) in [7, 11) is 0. The van der Waals surface area contributed by atoms with Gasteiger partial charge in [-0.1, -0.05) is 25.1 Å². The van der Waals surface area contributed by atoms with E-state index in [1.807, 2.05) is 31.2 Å². The molecule has 102 valence electrons. The van der Waals surface area contributed by atoms with Crippen molar-refractivity contribution >= 4 is 17.7 Å². The molecule has 1 unspecified atom stereocenters. The number of carboxylic acid groups (broad SMARTS) is 1. The summed E-state index contributed by atoms with van der Waals surface area (Å²) in [5, 5.41) is 11.6. The maximum Gasteiger partial charge on any atom is 0.322 e. The summed E-state index contributed by atoms with van der Waals surface area (Å²) in [5.74, 6) is -0.894. The molecule has 19 heavy (non-hydrogen) atoms. The molecule has 5 heteroatoms. The fourth-order valence-corrected chi connectivity index (χ4v) is 2.31. The normalized spacial score (nSPS) is 14.9. The predicted octanol–water partition coefficient (Wildman–Crippen LogP) is 2.01. The second-order valence-electron chi connectivity index (χ2n) is 4.68. The number of amides is 2. The summed E-state index contributed by atoms with van der Waals surface area (Å²) in [6.45, 7) is 2.51. The monoisotopic (exact) mass is 262 g/mol. The first-order chi connectivity index (χ1) is 9.11. The lowest BCUT2D eigenvalue weighted by atomic mass is 10.1. The maximum atomic E-state index is 12.2. The van der Waals surface area contributed by atoms with Gasteiger partial charge in [0.2, 0.25) is 0 Å². The Kier molecular flexibility index (Phi) is 4.04. The van der Waals surface area contributed by atoms with E-state index in [4.69, 9.17) is 5.11 Å². The average Bonchev–Trinajstić information content (AvgIpc) is 2.81. The number of urea groups is 1. The number of rotatable bonds is 4. The fourth-order valence-electron chi connectivity index (χ4n) is 2.31. The second kappa shape index (κ2) is 5.73. The number of hydrogen-bond donors (Lipinski definition) is 2. The molecule has 0 aliphatic carbocycles. The zero-order valence-electron chi connectivity index (χ0n) is 10.9. The number of benzene rings is 1. The zero-order chi connectivity index (χ0) is 13.8.